The second-order valence-electron chi connectivity index (χ2n) is 3.44. The first kappa shape index (κ1) is 9.65. The number of aromatic nitrogens is 1. The molecular weight excluding hydrogens is 190 g/mol. The van der Waals surface area contributed by atoms with Crippen molar-refractivity contribution in [3.8, 4) is 0 Å². The first-order chi connectivity index (χ1) is 7.24. The number of aryl methyl sites for hydroxylation is 1. The summed E-state index contributed by atoms with van der Waals surface area (Å²) in [5.41, 5.74) is 2.18. The number of pyridine rings is 1. The summed E-state index contributed by atoms with van der Waals surface area (Å²) in [4.78, 5) is 25.4. The highest BCUT2D eigenvalue weighted by Crippen LogP contribution is 2.10. The lowest BCUT2D eigenvalue weighted by Gasteiger charge is -2.01. The number of carbonyl (C=O) groups is 1. The second kappa shape index (κ2) is 3.69. The number of aromatic amines is 1. The minimum atomic E-state index is -0.0377. The van der Waals surface area contributed by atoms with E-state index in [0.29, 0.717) is 10.9 Å². The van der Waals surface area contributed by atoms with Gasteiger partial charge in [0.25, 0.3) is 0 Å². The van der Waals surface area contributed by atoms with Crippen molar-refractivity contribution < 1.29 is 4.79 Å². The van der Waals surface area contributed by atoms with Crippen molar-refractivity contribution >= 4 is 17.2 Å². The van der Waals surface area contributed by atoms with Crippen molar-refractivity contribution in [2.45, 2.75) is 13.3 Å². The molecule has 0 atom stereocenters. The maximum absolute atomic E-state index is 11.7. The van der Waals surface area contributed by atoms with E-state index in [0.717, 1.165) is 23.9 Å². The fourth-order valence-corrected chi connectivity index (χ4v) is 1.58. The Hall–Kier alpha value is -1.90. The largest absolute Gasteiger partial charge is 0.358 e. The van der Waals surface area contributed by atoms with Crippen molar-refractivity contribution in [2.75, 3.05) is 0 Å². The Morgan fingerprint density at radius 3 is 2.80 bits per heavy atom. The summed E-state index contributed by atoms with van der Waals surface area (Å²) in [6.45, 7) is 1.98. The van der Waals surface area contributed by atoms with Crippen LogP contribution in [0, 0.1) is 0 Å². The summed E-state index contributed by atoms with van der Waals surface area (Å²) in [6, 6.07) is 6.65. The molecule has 0 saturated carbocycles. The number of nitrogens with one attached hydrogen (secondary N) is 1. The molecule has 0 unspecified atom stereocenters. The highest BCUT2D eigenvalue weighted by atomic mass is 16.1. The molecule has 0 radical (unpaired) electrons. The molecule has 0 amide bonds. The molecular formula is C12H11NO2. The molecule has 1 heterocycles. The Kier molecular flexibility index (Phi) is 2.37. The van der Waals surface area contributed by atoms with Gasteiger partial charge in [-0.25, -0.2) is 0 Å². The fourth-order valence-electron chi connectivity index (χ4n) is 1.58. The van der Waals surface area contributed by atoms with Gasteiger partial charge in [-0.15, -0.1) is 0 Å². The highest BCUT2D eigenvalue weighted by Gasteiger charge is 2.01. The first-order valence-corrected chi connectivity index (χ1v) is 4.85. The van der Waals surface area contributed by atoms with Gasteiger partial charge in [0.15, 0.2) is 5.43 Å². The van der Waals surface area contributed by atoms with Gasteiger partial charge in [0.05, 0.1) is 0 Å². The van der Waals surface area contributed by atoms with Gasteiger partial charge in [0.2, 0.25) is 0 Å². The maximum atomic E-state index is 11.7. The van der Waals surface area contributed by atoms with Crippen LogP contribution in [0.15, 0.2) is 29.1 Å². The summed E-state index contributed by atoms with van der Waals surface area (Å²) in [5, 5.41) is 0.566. The van der Waals surface area contributed by atoms with Crippen LogP contribution in [0.1, 0.15) is 23.0 Å². The molecule has 15 heavy (non-hydrogen) atoms. The molecule has 1 aromatic carbocycles. The molecule has 1 N–H and O–H groups in total. The summed E-state index contributed by atoms with van der Waals surface area (Å²) < 4.78 is 0. The van der Waals surface area contributed by atoms with Gasteiger partial charge in [-0.1, -0.05) is 6.92 Å². The minimum absolute atomic E-state index is 0.0377. The van der Waals surface area contributed by atoms with E-state index >= 15 is 0 Å². The predicted molar refractivity (Wildman–Crippen MR) is 59.3 cm³/mol. The Morgan fingerprint density at radius 2 is 2.13 bits per heavy atom. The number of hydrogen-bond acceptors (Lipinski definition) is 2. The molecule has 0 aliphatic carbocycles. The number of benzene rings is 1. The number of hydrogen-bond donors (Lipinski definition) is 1. The third kappa shape index (κ3) is 1.68. The highest BCUT2D eigenvalue weighted by molar-refractivity contribution is 5.86. The van der Waals surface area contributed by atoms with Gasteiger partial charge in [-0.3, -0.25) is 9.59 Å². The molecule has 0 spiro atoms. The molecule has 2 rings (SSSR count). The third-order valence-electron chi connectivity index (χ3n) is 2.43. The average Bonchev–Trinajstić information content (AvgIpc) is 2.28. The van der Waals surface area contributed by atoms with E-state index in [2.05, 4.69) is 4.98 Å². The van der Waals surface area contributed by atoms with Crippen LogP contribution < -0.4 is 5.43 Å². The summed E-state index contributed by atoms with van der Waals surface area (Å²) >= 11 is 0. The van der Waals surface area contributed by atoms with Crippen molar-refractivity contribution in [3.05, 3.63) is 45.7 Å². The van der Waals surface area contributed by atoms with Gasteiger partial charge in [0.1, 0.15) is 6.29 Å². The summed E-state index contributed by atoms with van der Waals surface area (Å²) in [5.74, 6) is 0. The lowest BCUT2D eigenvalue weighted by atomic mass is 10.1. The zero-order valence-electron chi connectivity index (χ0n) is 8.41. The van der Waals surface area contributed by atoms with Crippen molar-refractivity contribution in [1.82, 2.24) is 4.98 Å². The van der Waals surface area contributed by atoms with E-state index in [1.54, 1.807) is 24.3 Å². The molecule has 3 nitrogen and oxygen atoms in total. The first-order valence-electron chi connectivity index (χ1n) is 4.85. The quantitative estimate of drug-likeness (QED) is 0.754. The lowest BCUT2D eigenvalue weighted by molar-refractivity contribution is 0.112. The van der Waals surface area contributed by atoms with Crippen LogP contribution in [0.3, 0.4) is 0 Å². The van der Waals surface area contributed by atoms with Crippen LogP contribution in [0.4, 0.5) is 0 Å². The molecule has 0 fully saturated rings. The van der Waals surface area contributed by atoms with Crippen molar-refractivity contribution in [1.29, 1.82) is 0 Å². The molecule has 2 aromatic rings. The molecule has 0 saturated heterocycles. The number of aldehydes is 1. The fraction of sp³-hybridized carbons (Fsp3) is 0.167. The van der Waals surface area contributed by atoms with Gasteiger partial charge >= 0.3 is 0 Å². The van der Waals surface area contributed by atoms with E-state index in [4.69, 9.17) is 0 Å². The number of carbonyl (C=O) groups excluding carboxylic acids is 1. The summed E-state index contributed by atoms with van der Waals surface area (Å²) in [7, 11) is 0. The molecule has 3 heteroatoms. The van der Waals surface area contributed by atoms with E-state index in [1.807, 2.05) is 6.92 Å². The van der Waals surface area contributed by atoms with Crippen LogP contribution in [0.2, 0.25) is 0 Å². The van der Waals surface area contributed by atoms with Crippen LogP contribution in [0.5, 0.6) is 0 Å². The lowest BCUT2D eigenvalue weighted by Crippen LogP contribution is -2.04. The van der Waals surface area contributed by atoms with Gasteiger partial charge in [-0.2, -0.15) is 0 Å². The molecule has 0 bridgehead atoms. The molecule has 76 valence electrons. The van der Waals surface area contributed by atoms with E-state index in [-0.39, 0.29) is 5.43 Å². The van der Waals surface area contributed by atoms with E-state index in [9.17, 15) is 9.59 Å². The van der Waals surface area contributed by atoms with Gasteiger partial charge in [0, 0.05) is 28.2 Å². The zero-order chi connectivity index (χ0) is 10.8. The Balaban J connectivity index is 2.79. The standard InChI is InChI=1S/C12H11NO2/c1-2-9-6-12(15)10-5-8(7-14)3-4-11(10)13-9/h3-7H,2H2,1H3,(H,13,15). The van der Waals surface area contributed by atoms with Crippen molar-refractivity contribution in [2.24, 2.45) is 0 Å². The van der Waals surface area contributed by atoms with E-state index < -0.39 is 0 Å². The minimum Gasteiger partial charge on any atom is -0.358 e. The van der Waals surface area contributed by atoms with Crippen LogP contribution in [-0.4, -0.2) is 11.3 Å². The third-order valence-corrected chi connectivity index (χ3v) is 2.43. The van der Waals surface area contributed by atoms with Crippen molar-refractivity contribution in [3.63, 3.8) is 0 Å². The molecule has 1 aromatic heterocycles. The summed E-state index contributed by atoms with van der Waals surface area (Å²) in [6.07, 6.45) is 1.53. The van der Waals surface area contributed by atoms with Gasteiger partial charge < -0.3 is 4.98 Å². The monoisotopic (exact) mass is 201 g/mol. The molecule has 0 aliphatic rings. The Bertz CT molecular complexity index is 569. The maximum Gasteiger partial charge on any atom is 0.189 e. The number of rotatable bonds is 2. The van der Waals surface area contributed by atoms with Crippen LogP contribution in [-0.2, 0) is 6.42 Å². The van der Waals surface area contributed by atoms with Gasteiger partial charge in [-0.05, 0) is 24.6 Å². The van der Waals surface area contributed by atoms with Crippen LogP contribution >= 0.6 is 0 Å². The predicted octanol–water partition coefficient (Wildman–Crippen LogP) is 1.90. The molecule has 0 aliphatic heterocycles. The normalized spacial score (nSPS) is 10.5. The smallest absolute Gasteiger partial charge is 0.189 e. The average molecular weight is 201 g/mol. The number of fused-ring (bicyclic) bond motifs is 1. The Labute approximate surface area is 86.8 Å². The zero-order valence-corrected chi connectivity index (χ0v) is 8.41. The number of H-pyrrole nitrogens is 1. The topological polar surface area (TPSA) is 49.9 Å². The van der Waals surface area contributed by atoms with E-state index in [1.165, 1.54) is 0 Å². The second-order valence-corrected chi connectivity index (χ2v) is 3.44. The Morgan fingerprint density at radius 1 is 1.33 bits per heavy atom. The van der Waals surface area contributed by atoms with Crippen LogP contribution in [0.25, 0.3) is 10.9 Å². The SMILES string of the molecule is CCc1cc(=O)c2cc(C=O)ccc2[nH]1.